The van der Waals surface area contributed by atoms with Crippen LogP contribution in [0.5, 0.6) is 0 Å². The summed E-state index contributed by atoms with van der Waals surface area (Å²) < 4.78 is 0. The fourth-order valence-electron chi connectivity index (χ4n) is 2.70. The van der Waals surface area contributed by atoms with Gasteiger partial charge in [0.15, 0.2) is 5.96 Å². The molecule has 1 heterocycles. The maximum Gasteiger partial charge on any atom is 0.191 e. The first-order valence-corrected chi connectivity index (χ1v) is 8.08. The maximum atomic E-state index is 4.53. The van der Waals surface area contributed by atoms with Gasteiger partial charge in [-0.25, -0.2) is 0 Å². The van der Waals surface area contributed by atoms with E-state index in [1.54, 1.807) is 0 Å². The van der Waals surface area contributed by atoms with Gasteiger partial charge < -0.3 is 10.6 Å². The van der Waals surface area contributed by atoms with Crippen molar-refractivity contribution in [3.05, 3.63) is 0 Å². The number of piperidine rings is 1. The van der Waals surface area contributed by atoms with Crippen LogP contribution in [0.1, 0.15) is 52.9 Å². The third-order valence-electron chi connectivity index (χ3n) is 3.75. The average Bonchev–Trinajstić information content (AvgIpc) is 2.45. The molecule has 1 unspecified atom stereocenters. The normalized spacial score (nSPS) is 21.4. The van der Waals surface area contributed by atoms with Gasteiger partial charge in [-0.3, -0.25) is 9.89 Å². The Bertz CT molecular complexity index is 253. The fraction of sp³-hybridized carbons (Fsp3) is 0.933. The molecule has 4 nitrogen and oxygen atoms in total. The number of nitrogens with zero attached hydrogens (tertiary/aromatic N) is 2. The van der Waals surface area contributed by atoms with Crippen molar-refractivity contribution in [2.45, 2.75) is 58.9 Å². The van der Waals surface area contributed by atoms with E-state index in [0.717, 1.165) is 44.6 Å². The number of guanidine groups is 1. The van der Waals surface area contributed by atoms with E-state index < -0.39 is 0 Å². The Balaban J connectivity index is 2.29. The van der Waals surface area contributed by atoms with Gasteiger partial charge in [-0.15, -0.1) is 0 Å². The van der Waals surface area contributed by atoms with Crippen molar-refractivity contribution in [3.8, 4) is 0 Å². The highest BCUT2D eigenvalue weighted by Crippen LogP contribution is 2.18. The van der Waals surface area contributed by atoms with Crippen LogP contribution in [0.15, 0.2) is 4.99 Å². The molecule has 0 aromatic carbocycles. The predicted octanol–water partition coefficient (Wildman–Crippen LogP) is 2.22. The summed E-state index contributed by atoms with van der Waals surface area (Å²) in [5.41, 5.74) is 0. The lowest BCUT2D eigenvalue weighted by Crippen LogP contribution is -2.45. The molecule has 112 valence electrons. The monoisotopic (exact) mass is 268 g/mol. The third kappa shape index (κ3) is 6.28. The molecule has 0 aromatic heterocycles. The maximum absolute atomic E-state index is 4.53. The quantitative estimate of drug-likeness (QED) is 0.549. The number of nitrogens with one attached hydrogen (secondary N) is 2. The van der Waals surface area contributed by atoms with Gasteiger partial charge in [-0.2, -0.15) is 0 Å². The lowest BCUT2D eigenvalue weighted by Gasteiger charge is -2.35. The second-order valence-corrected chi connectivity index (χ2v) is 5.28. The zero-order valence-corrected chi connectivity index (χ0v) is 13.0. The molecule has 1 fully saturated rings. The first kappa shape index (κ1) is 16.3. The molecule has 0 spiro atoms. The summed E-state index contributed by atoms with van der Waals surface area (Å²) in [6, 6.07) is 0.797. The molecule has 0 saturated carbocycles. The Hall–Kier alpha value is -0.770. The Morgan fingerprint density at radius 2 is 2.05 bits per heavy atom. The molecule has 0 aromatic rings. The highest BCUT2D eigenvalue weighted by Gasteiger charge is 2.19. The van der Waals surface area contributed by atoms with Gasteiger partial charge in [0.05, 0.1) is 0 Å². The summed E-state index contributed by atoms with van der Waals surface area (Å²) in [5, 5.41) is 6.75. The second-order valence-electron chi connectivity index (χ2n) is 5.28. The molecule has 0 amide bonds. The standard InChI is InChI=1S/C15H32N4/c1-4-10-17-15(16-6-3)18-11-13-19-12-8-7-9-14(19)5-2/h14H,4-13H2,1-3H3,(H2,16,17,18). The summed E-state index contributed by atoms with van der Waals surface area (Å²) in [6.45, 7) is 11.8. The van der Waals surface area contributed by atoms with Gasteiger partial charge in [0.1, 0.15) is 0 Å². The Labute approximate surface area is 119 Å². The summed E-state index contributed by atoms with van der Waals surface area (Å²) >= 11 is 0. The van der Waals surface area contributed by atoms with Crippen LogP contribution in [0.4, 0.5) is 0 Å². The summed E-state index contributed by atoms with van der Waals surface area (Å²) in [7, 11) is 0. The van der Waals surface area contributed by atoms with Crippen molar-refractivity contribution in [2.24, 2.45) is 4.99 Å². The SMILES string of the molecule is CCCN=C(NCC)NCCN1CCCCC1CC. The molecule has 2 N–H and O–H groups in total. The highest BCUT2D eigenvalue weighted by atomic mass is 15.2. The summed E-state index contributed by atoms with van der Waals surface area (Å²) in [5.74, 6) is 0.967. The first-order chi connectivity index (χ1) is 9.31. The fourth-order valence-corrected chi connectivity index (χ4v) is 2.70. The molecule has 1 aliphatic rings. The van der Waals surface area contributed by atoms with Crippen molar-refractivity contribution in [1.29, 1.82) is 0 Å². The molecule has 1 atom stereocenters. The van der Waals surface area contributed by atoms with E-state index >= 15 is 0 Å². The lowest BCUT2D eigenvalue weighted by molar-refractivity contribution is 0.147. The Kier molecular flexibility index (Phi) is 8.63. The van der Waals surface area contributed by atoms with Gasteiger partial charge in [-0.05, 0) is 39.2 Å². The van der Waals surface area contributed by atoms with Gasteiger partial charge in [0.25, 0.3) is 0 Å². The molecule has 1 rings (SSSR count). The molecular weight excluding hydrogens is 236 g/mol. The van der Waals surface area contributed by atoms with Crippen LogP contribution in [0.25, 0.3) is 0 Å². The number of hydrogen-bond donors (Lipinski definition) is 2. The summed E-state index contributed by atoms with van der Waals surface area (Å²) in [6.07, 6.45) is 6.52. The van der Waals surface area contributed by atoms with Crippen LogP contribution in [-0.4, -0.2) is 49.6 Å². The van der Waals surface area contributed by atoms with Gasteiger partial charge in [0, 0.05) is 32.2 Å². The number of aliphatic imine (C=N–C) groups is 1. The molecule has 1 aliphatic heterocycles. The average molecular weight is 268 g/mol. The van der Waals surface area contributed by atoms with Gasteiger partial charge >= 0.3 is 0 Å². The molecule has 19 heavy (non-hydrogen) atoms. The van der Waals surface area contributed by atoms with Crippen molar-refractivity contribution in [3.63, 3.8) is 0 Å². The van der Waals surface area contributed by atoms with E-state index in [1.165, 1.54) is 32.2 Å². The van der Waals surface area contributed by atoms with Crippen LogP contribution in [0, 0.1) is 0 Å². The number of rotatable bonds is 7. The first-order valence-electron chi connectivity index (χ1n) is 8.08. The van der Waals surface area contributed by atoms with E-state index in [2.05, 4.69) is 41.3 Å². The van der Waals surface area contributed by atoms with E-state index in [9.17, 15) is 0 Å². The Morgan fingerprint density at radius 3 is 2.74 bits per heavy atom. The number of likely N-dealkylation sites (tertiary alicyclic amines) is 1. The smallest absolute Gasteiger partial charge is 0.191 e. The summed E-state index contributed by atoms with van der Waals surface area (Å²) in [4.78, 5) is 7.17. The van der Waals surface area contributed by atoms with E-state index in [4.69, 9.17) is 0 Å². The highest BCUT2D eigenvalue weighted by molar-refractivity contribution is 5.79. The molecule has 0 radical (unpaired) electrons. The van der Waals surface area contributed by atoms with Crippen LogP contribution >= 0.6 is 0 Å². The van der Waals surface area contributed by atoms with Gasteiger partial charge in [-0.1, -0.05) is 20.3 Å². The largest absolute Gasteiger partial charge is 0.357 e. The molecule has 4 heteroatoms. The third-order valence-corrected chi connectivity index (χ3v) is 3.75. The molecule has 0 aliphatic carbocycles. The van der Waals surface area contributed by atoms with Crippen molar-refractivity contribution < 1.29 is 0 Å². The Morgan fingerprint density at radius 1 is 1.21 bits per heavy atom. The van der Waals surface area contributed by atoms with Crippen LogP contribution in [0.3, 0.4) is 0 Å². The topological polar surface area (TPSA) is 39.7 Å². The minimum Gasteiger partial charge on any atom is -0.357 e. The van der Waals surface area contributed by atoms with E-state index in [0.29, 0.717) is 0 Å². The second kappa shape index (κ2) is 10.1. The lowest BCUT2D eigenvalue weighted by atomic mass is 10.0. The predicted molar refractivity (Wildman–Crippen MR) is 83.8 cm³/mol. The van der Waals surface area contributed by atoms with Crippen molar-refractivity contribution in [1.82, 2.24) is 15.5 Å². The van der Waals surface area contributed by atoms with Crippen LogP contribution < -0.4 is 10.6 Å². The zero-order valence-electron chi connectivity index (χ0n) is 13.0. The minimum absolute atomic E-state index is 0.797. The zero-order chi connectivity index (χ0) is 13.9. The van der Waals surface area contributed by atoms with Crippen molar-refractivity contribution in [2.75, 3.05) is 32.7 Å². The minimum atomic E-state index is 0.797. The molecular formula is C15H32N4. The molecule has 0 bridgehead atoms. The molecule has 1 saturated heterocycles. The van der Waals surface area contributed by atoms with E-state index in [1.807, 2.05) is 0 Å². The van der Waals surface area contributed by atoms with Crippen molar-refractivity contribution >= 4 is 5.96 Å². The number of hydrogen-bond acceptors (Lipinski definition) is 2. The van der Waals surface area contributed by atoms with Gasteiger partial charge in [0.2, 0.25) is 0 Å². The van der Waals surface area contributed by atoms with E-state index in [-0.39, 0.29) is 0 Å². The van der Waals surface area contributed by atoms with Crippen LogP contribution in [-0.2, 0) is 0 Å². The van der Waals surface area contributed by atoms with Crippen LogP contribution in [0.2, 0.25) is 0 Å².